The van der Waals surface area contributed by atoms with Crippen molar-refractivity contribution in [2.24, 2.45) is 0 Å². The molecule has 0 saturated heterocycles. The molecule has 3 rings (SSSR count). The van der Waals surface area contributed by atoms with Crippen LogP contribution in [0.5, 0.6) is 11.5 Å². The van der Waals surface area contributed by atoms with Crippen molar-refractivity contribution in [1.29, 1.82) is 0 Å². The number of hydrogen-bond donors (Lipinski definition) is 1. The normalized spacial score (nSPS) is 12.2. The molecule has 0 aliphatic carbocycles. The maximum Gasteiger partial charge on any atom is 0.331 e. The Morgan fingerprint density at radius 1 is 1.12 bits per heavy atom. The Bertz CT molecular complexity index is 832. The average Bonchev–Trinajstić information content (AvgIpc) is 3.12. The molecule has 134 valence electrons. The van der Waals surface area contributed by atoms with Gasteiger partial charge in [-0.15, -0.1) is 0 Å². The van der Waals surface area contributed by atoms with Crippen LogP contribution in [0.15, 0.2) is 48.5 Å². The van der Waals surface area contributed by atoms with E-state index in [4.69, 9.17) is 25.8 Å². The molecule has 0 radical (unpaired) electrons. The number of rotatable bonds is 6. The van der Waals surface area contributed by atoms with Crippen LogP contribution in [0.25, 0.3) is 6.08 Å². The first-order valence-electron chi connectivity index (χ1n) is 7.86. The molecule has 1 N–H and O–H groups in total. The van der Waals surface area contributed by atoms with E-state index in [2.05, 4.69) is 5.32 Å². The van der Waals surface area contributed by atoms with Gasteiger partial charge < -0.3 is 19.5 Å². The highest BCUT2D eigenvalue weighted by Gasteiger charge is 2.13. The van der Waals surface area contributed by atoms with E-state index in [1.165, 1.54) is 6.08 Å². The molecule has 1 heterocycles. The van der Waals surface area contributed by atoms with Crippen molar-refractivity contribution in [3.63, 3.8) is 0 Å². The zero-order valence-electron chi connectivity index (χ0n) is 13.7. The van der Waals surface area contributed by atoms with E-state index in [1.807, 2.05) is 6.07 Å². The lowest BCUT2D eigenvalue weighted by Crippen LogP contribution is -2.28. The fourth-order valence-electron chi connectivity index (χ4n) is 2.23. The lowest BCUT2D eigenvalue weighted by Gasteiger charge is -2.06. The summed E-state index contributed by atoms with van der Waals surface area (Å²) in [5.74, 6) is 0.339. The number of hydrogen-bond acceptors (Lipinski definition) is 5. The molecule has 1 aliphatic heterocycles. The molecule has 0 spiro atoms. The molecule has 0 unspecified atom stereocenters. The Kier molecular flexibility index (Phi) is 5.76. The summed E-state index contributed by atoms with van der Waals surface area (Å²) in [7, 11) is 0. The minimum Gasteiger partial charge on any atom is -0.454 e. The monoisotopic (exact) mass is 373 g/mol. The zero-order valence-corrected chi connectivity index (χ0v) is 14.5. The zero-order chi connectivity index (χ0) is 18.4. The van der Waals surface area contributed by atoms with E-state index in [9.17, 15) is 9.59 Å². The second-order valence-corrected chi connectivity index (χ2v) is 5.89. The highest BCUT2D eigenvalue weighted by molar-refractivity contribution is 6.30. The summed E-state index contributed by atoms with van der Waals surface area (Å²) < 4.78 is 15.4. The van der Waals surface area contributed by atoms with Gasteiger partial charge in [0.2, 0.25) is 6.79 Å². The predicted molar refractivity (Wildman–Crippen MR) is 95.9 cm³/mol. The maximum atomic E-state index is 11.8. The molecule has 6 nitrogen and oxygen atoms in total. The van der Waals surface area contributed by atoms with Crippen molar-refractivity contribution in [3.8, 4) is 11.5 Å². The fraction of sp³-hybridized carbons (Fsp3) is 0.158. The molecule has 26 heavy (non-hydrogen) atoms. The van der Waals surface area contributed by atoms with Gasteiger partial charge in [0.15, 0.2) is 18.1 Å². The van der Waals surface area contributed by atoms with Gasteiger partial charge >= 0.3 is 5.97 Å². The number of halogens is 1. The first-order valence-corrected chi connectivity index (χ1v) is 8.23. The van der Waals surface area contributed by atoms with Crippen LogP contribution in [-0.2, 0) is 20.9 Å². The molecule has 0 fully saturated rings. The lowest BCUT2D eigenvalue weighted by molar-refractivity contribution is -0.143. The topological polar surface area (TPSA) is 73.9 Å². The lowest BCUT2D eigenvalue weighted by atomic mass is 10.2. The Morgan fingerprint density at radius 2 is 1.88 bits per heavy atom. The number of nitrogens with one attached hydrogen (secondary N) is 1. The van der Waals surface area contributed by atoms with Gasteiger partial charge in [-0.1, -0.05) is 29.8 Å². The summed E-state index contributed by atoms with van der Waals surface area (Å²) in [6.45, 7) is 0.145. The van der Waals surface area contributed by atoms with Crippen LogP contribution in [-0.4, -0.2) is 25.3 Å². The minimum atomic E-state index is -0.599. The highest BCUT2D eigenvalue weighted by atomic mass is 35.5. The van der Waals surface area contributed by atoms with Crippen LogP contribution < -0.4 is 14.8 Å². The molecular weight excluding hydrogens is 358 g/mol. The van der Waals surface area contributed by atoms with Gasteiger partial charge in [-0.3, -0.25) is 4.79 Å². The summed E-state index contributed by atoms with van der Waals surface area (Å²) in [5, 5.41) is 3.29. The number of esters is 1. The Labute approximate surface area is 155 Å². The third-order valence-electron chi connectivity index (χ3n) is 3.55. The third-order valence-corrected chi connectivity index (χ3v) is 3.81. The van der Waals surface area contributed by atoms with E-state index < -0.39 is 11.9 Å². The van der Waals surface area contributed by atoms with Gasteiger partial charge in [-0.2, -0.15) is 0 Å². The van der Waals surface area contributed by atoms with Gasteiger partial charge in [0, 0.05) is 17.6 Å². The number of benzene rings is 2. The number of amides is 1. The molecule has 0 aromatic heterocycles. The van der Waals surface area contributed by atoms with Crippen molar-refractivity contribution in [2.45, 2.75) is 6.54 Å². The van der Waals surface area contributed by atoms with Crippen molar-refractivity contribution in [3.05, 3.63) is 64.7 Å². The van der Waals surface area contributed by atoms with E-state index >= 15 is 0 Å². The van der Waals surface area contributed by atoms with E-state index in [0.717, 1.165) is 11.1 Å². The van der Waals surface area contributed by atoms with Crippen LogP contribution in [0, 0.1) is 0 Å². The van der Waals surface area contributed by atoms with Gasteiger partial charge in [0.25, 0.3) is 5.91 Å². The number of fused-ring (bicyclic) bond motifs is 1. The van der Waals surface area contributed by atoms with Crippen molar-refractivity contribution < 1.29 is 23.8 Å². The molecule has 1 aliphatic rings. The maximum absolute atomic E-state index is 11.8. The molecule has 2 aromatic rings. The fourth-order valence-corrected chi connectivity index (χ4v) is 2.35. The summed E-state index contributed by atoms with van der Waals surface area (Å²) in [4.78, 5) is 23.4. The van der Waals surface area contributed by atoms with E-state index in [0.29, 0.717) is 23.1 Å². The molecule has 0 bridgehead atoms. The van der Waals surface area contributed by atoms with Crippen LogP contribution in [0.3, 0.4) is 0 Å². The van der Waals surface area contributed by atoms with E-state index in [-0.39, 0.29) is 13.4 Å². The second-order valence-electron chi connectivity index (χ2n) is 5.46. The smallest absolute Gasteiger partial charge is 0.331 e. The Hall–Kier alpha value is -2.99. The molecule has 7 heteroatoms. The van der Waals surface area contributed by atoms with Gasteiger partial charge in [0.05, 0.1) is 0 Å². The summed E-state index contributed by atoms with van der Waals surface area (Å²) in [6, 6.07) is 12.4. The van der Waals surface area contributed by atoms with Crippen LogP contribution in [0.1, 0.15) is 11.1 Å². The van der Waals surface area contributed by atoms with Crippen LogP contribution >= 0.6 is 11.6 Å². The summed E-state index contributed by atoms with van der Waals surface area (Å²) in [5.41, 5.74) is 1.66. The molecule has 0 atom stereocenters. The average molecular weight is 374 g/mol. The summed E-state index contributed by atoms with van der Waals surface area (Å²) >= 11 is 5.79. The second kappa shape index (κ2) is 8.40. The van der Waals surface area contributed by atoms with Crippen molar-refractivity contribution in [1.82, 2.24) is 5.32 Å². The molecule has 0 saturated carbocycles. The largest absolute Gasteiger partial charge is 0.454 e. The number of carbonyl (C=O) groups is 2. The Morgan fingerprint density at radius 3 is 2.69 bits per heavy atom. The SMILES string of the molecule is O=C(COC(=O)C=Cc1ccc(Cl)cc1)NCc1ccc2c(c1)OCO2. The first-order chi connectivity index (χ1) is 12.6. The van der Waals surface area contributed by atoms with Gasteiger partial charge in [-0.05, 0) is 41.5 Å². The van der Waals surface area contributed by atoms with Gasteiger partial charge in [0.1, 0.15) is 0 Å². The summed E-state index contributed by atoms with van der Waals surface area (Å²) in [6.07, 6.45) is 2.84. The third kappa shape index (κ3) is 5.00. The number of carbonyl (C=O) groups excluding carboxylic acids is 2. The molecular formula is C19H16ClNO5. The molecule has 1 amide bonds. The Balaban J connectivity index is 1.40. The first kappa shape index (κ1) is 17.8. The van der Waals surface area contributed by atoms with Crippen LogP contribution in [0.4, 0.5) is 0 Å². The molecule has 2 aromatic carbocycles. The predicted octanol–water partition coefficient (Wildman–Crippen LogP) is 2.94. The highest BCUT2D eigenvalue weighted by Crippen LogP contribution is 2.32. The van der Waals surface area contributed by atoms with E-state index in [1.54, 1.807) is 42.5 Å². The van der Waals surface area contributed by atoms with Gasteiger partial charge in [-0.25, -0.2) is 4.79 Å². The van der Waals surface area contributed by atoms with Crippen molar-refractivity contribution in [2.75, 3.05) is 13.4 Å². The standard InChI is InChI=1S/C19H16ClNO5/c20-15-5-1-13(2-6-15)4-8-19(23)24-11-18(22)21-10-14-3-7-16-17(9-14)26-12-25-16/h1-9H,10-12H2,(H,21,22). The van der Waals surface area contributed by atoms with Crippen molar-refractivity contribution >= 4 is 29.6 Å². The quantitative estimate of drug-likeness (QED) is 0.622. The number of ether oxygens (including phenoxy) is 3. The minimum absolute atomic E-state index is 0.199. The van der Waals surface area contributed by atoms with Crippen LogP contribution in [0.2, 0.25) is 5.02 Å².